The Kier molecular flexibility index (Phi) is 6.80. The van der Waals surface area contributed by atoms with Gasteiger partial charge in [-0.1, -0.05) is 29.5 Å². The second-order valence-corrected chi connectivity index (χ2v) is 8.22. The van der Waals surface area contributed by atoms with Gasteiger partial charge in [0.1, 0.15) is 5.75 Å². The van der Waals surface area contributed by atoms with Gasteiger partial charge >= 0.3 is 0 Å². The minimum atomic E-state index is -0.262. The Hall–Kier alpha value is -3.98. The van der Waals surface area contributed by atoms with Crippen LogP contribution in [-0.2, 0) is 4.79 Å². The van der Waals surface area contributed by atoms with Crippen molar-refractivity contribution in [1.82, 2.24) is 25.2 Å². The molecular formula is C24H22N6O2S. The molecule has 0 radical (unpaired) electrons. The zero-order valence-electron chi connectivity index (χ0n) is 18.1. The highest BCUT2D eigenvalue weighted by atomic mass is 32.2. The van der Waals surface area contributed by atoms with Crippen LogP contribution in [0.4, 0.5) is 0 Å². The van der Waals surface area contributed by atoms with E-state index in [2.05, 4.69) is 25.7 Å². The Balaban J connectivity index is 1.51. The number of hydrogen-bond donors (Lipinski definition) is 2. The van der Waals surface area contributed by atoms with Crippen LogP contribution in [0.25, 0.3) is 17.1 Å². The van der Waals surface area contributed by atoms with Crippen LogP contribution >= 0.6 is 11.8 Å². The third-order valence-corrected chi connectivity index (χ3v) is 5.76. The first-order chi connectivity index (χ1) is 16.0. The van der Waals surface area contributed by atoms with Gasteiger partial charge in [0.15, 0.2) is 11.0 Å². The minimum absolute atomic E-state index is 0.118. The number of nitrogens with zero attached hydrogens (tertiary/aromatic N) is 5. The maximum Gasteiger partial charge on any atom is 0.250 e. The van der Waals surface area contributed by atoms with Gasteiger partial charge in [-0.05, 0) is 67.9 Å². The maximum atomic E-state index is 12.4. The molecule has 33 heavy (non-hydrogen) atoms. The van der Waals surface area contributed by atoms with Crippen LogP contribution in [0.5, 0.6) is 5.75 Å². The van der Waals surface area contributed by atoms with E-state index < -0.39 is 0 Å². The average molecular weight is 459 g/mol. The number of rotatable bonds is 7. The molecule has 1 amide bonds. The van der Waals surface area contributed by atoms with Gasteiger partial charge in [0.2, 0.25) is 0 Å². The highest BCUT2D eigenvalue weighted by Gasteiger charge is 2.17. The van der Waals surface area contributed by atoms with Gasteiger partial charge in [0.05, 0.1) is 11.5 Å². The zero-order valence-corrected chi connectivity index (χ0v) is 19.0. The lowest BCUT2D eigenvalue weighted by atomic mass is 10.1. The lowest BCUT2D eigenvalue weighted by Gasteiger charge is -2.10. The number of hydrazone groups is 1. The molecule has 2 heterocycles. The van der Waals surface area contributed by atoms with Crippen molar-refractivity contribution in [2.75, 3.05) is 5.75 Å². The highest BCUT2D eigenvalue weighted by molar-refractivity contribution is 7.99. The number of phenolic OH excluding ortho intramolecular Hbond substituents is 1. The van der Waals surface area contributed by atoms with E-state index in [0.29, 0.717) is 16.7 Å². The molecule has 0 unspecified atom stereocenters. The molecule has 2 aromatic carbocycles. The standard InChI is InChI=1S/C24H22N6O2S/c1-16-3-7-20(8-4-16)30-23(19-11-13-25-14-12-19)28-29-24(30)33-15-22(32)27-26-17(2)18-5-9-21(31)10-6-18/h3-14,31H,15H2,1-2H3,(H,27,32)/b26-17-. The van der Waals surface area contributed by atoms with Crippen LogP contribution in [0.3, 0.4) is 0 Å². The lowest BCUT2D eigenvalue weighted by Crippen LogP contribution is -2.21. The van der Waals surface area contributed by atoms with Crippen LogP contribution in [0, 0.1) is 6.92 Å². The number of nitrogens with one attached hydrogen (secondary N) is 1. The van der Waals surface area contributed by atoms with E-state index in [1.807, 2.05) is 47.9 Å². The molecule has 9 heteroatoms. The zero-order chi connectivity index (χ0) is 23.2. The molecule has 2 N–H and O–H groups in total. The Morgan fingerprint density at radius 2 is 1.73 bits per heavy atom. The molecular weight excluding hydrogens is 436 g/mol. The van der Waals surface area contributed by atoms with Crippen molar-refractivity contribution in [1.29, 1.82) is 0 Å². The van der Waals surface area contributed by atoms with E-state index in [1.54, 1.807) is 43.6 Å². The molecule has 0 fully saturated rings. The Morgan fingerprint density at radius 3 is 2.42 bits per heavy atom. The summed E-state index contributed by atoms with van der Waals surface area (Å²) in [6.45, 7) is 3.81. The fourth-order valence-electron chi connectivity index (χ4n) is 3.05. The van der Waals surface area contributed by atoms with Crippen molar-refractivity contribution < 1.29 is 9.90 Å². The molecule has 0 spiro atoms. The van der Waals surface area contributed by atoms with E-state index in [0.717, 1.165) is 22.4 Å². The molecule has 2 aromatic heterocycles. The summed E-state index contributed by atoms with van der Waals surface area (Å²) in [6.07, 6.45) is 3.41. The number of amides is 1. The number of aromatic hydroxyl groups is 1. The normalized spacial score (nSPS) is 11.4. The SMILES string of the molecule is C/C(=N/NC(=O)CSc1nnc(-c2ccncc2)n1-c1ccc(C)cc1)c1ccc(O)cc1. The van der Waals surface area contributed by atoms with Gasteiger partial charge < -0.3 is 5.11 Å². The summed E-state index contributed by atoms with van der Waals surface area (Å²) in [6, 6.07) is 18.4. The monoisotopic (exact) mass is 458 g/mol. The molecule has 0 aliphatic heterocycles. The molecule has 0 atom stereocenters. The van der Waals surface area contributed by atoms with Crippen LogP contribution < -0.4 is 5.43 Å². The average Bonchev–Trinajstić information content (AvgIpc) is 3.26. The number of pyridine rings is 1. The smallest absolute Gasteiger partial charge is 0.250 e. The quantitative estimate of drug-likeness (QED) is 0.247. The van der Waals surface area contributed by atoms with Crippen molar-refractivity contribution in [3.05, 3.63) is 84.2 Å². The van der Waals surface area contributed by atoms with Crippen molar-refractivity contribution in [3.63, 3.8) is 0 Å². The fourth-order valence-corrected chi connectivity index (χ4v) is 3.80. The Labute approximate surface area is 195 Å². The van der Waals surface area contributed by atoms with Gasteiger partial charge in [-0.15, -0.1) is 10.2 Å². The Morgan fingerprint density at radius 1 is 1.03 bits per heavy atom. The number of thioether (sulfide) groups is 1. The maximum absolute atomic E-state index is 12.4. The predicted molar refractivity (Wildman–Crippen MR) is 129 cm³/mol. The van der Waals surface area contributed by atoms with Crippen molar-refractivity contribution in [2.24, 2.45) is 5.10 Å². The molecule has 0 aliphatic carbocycles. The molecule has 0 saturated carbocycles. The van der Waals surface area contributed by atoms with E-state index >= 15 is 0 Å². The Bertz CT molecular complexity index is 1270. The minimum Gasteiger partial charge on any atom is -0.508 e. The van der Waals surface area contributed by atoms with Crippen molar-refractivity contribution >= 4 is 23.4 Å². The molecule has 0 bridgehead atoms. The van der Waals surface area contributed by atoms with E-state index in [4.69, 9.17) is 0 Å². The number of aromatic nitrogens is 4. The van der Waals surface area contributed by atoms with Crippen molar-refractivity contribution in [2.45, 2.75) is 19.0 Å². The number of phenols is 1. The molecule has 166 valence electrons. The summed E-state index contributed by atoms with van der Waals surface area (Å²) in [5.74, 6) is 0.704. The van der Waals surface area contributed by atoms with E-state index in [1.165, 1.54) is 11.8 Å². The third kappa shape index (κ3) is 5.45. The van der Waals surface area contributed by atoms with Gasteiger partial charge in [0.25, 0.3) is 5.91 Å². The lowest BCUT2D eigenvalue weighted by molar-refractivity contribution is -0.118. The summed E-state index contributed by atoms with van der Waals surface area (Å²) in [5, 5.41) is 22.8. The van der Waals surface area contributed by atoms with E-state index in [-0.39, 0.29) is 17.4 Å². The van der Waals surface area contributed by atoms with Gasteiger partial charge in [-0.2, -0.15) is 5.10 Å². The number of benzene rings is 2. The molecule has 4 rings (SSSR count). The third-order valence-electron chi connectivity index (χ3n) is 4.83. The van der Waals surface area contributed by atoms with Crippen LogP contribution in [0.2, 0.25) is 0 Å². The van der Waals surface area contributed by atoms with Gasteiger partial charge in [-0.25, -0.2) is 5.43 Å². The molecule has 0 saturated heterocycles. The number of carbonyl (C=O) groups excluding carboxylic acids is 1. The first-order valence-electron chi connectivity index (χ1n) is 10.2. The fraction of sp³-hybridized carbons (Fsp3) is 0.125. The van der Waals surface area contributed by atoms with Gasteiger partial charge in [-0.3, -0.25) is 14.3 Å². The topological polar surface area (TPSA) is 105 Å². The first kappa shape index (κ1) is 22.2. The van der Waals surface area contributed by atoms with Crippen LogP contribution in [0.15, 0.2) is 83.3 Å². The van der Waals surface area contributed by atoms with Crippen LogP contribution in [0.1, 0.15) is 18.1 Å². The number of hydrogen-bond acceptors (Lipinski definition) is 7. The molecule has 0 aliphatic rings. The summed E-state index contributed by atoms with van der Waals surface area (Å²) in [5.41, 5.74) is 6.94. The molecule has 8 nitrogen and oxygen atoms in total. The first-order valence-corrected chi connectivity index (χ1v) is 11.2. The van der Waals surface area contributed by atoms with E-state index in [9.17, 15) is 9.90 Å². The number of aryl methyl sites for hydroxylation is 1. The summed E-state index contributed by atoms with van der Waals surface area (Å²) < 4.78 is 1.93. The van der Waals surface area contributed by atoms with Crippen molar-refractivity contribution in [3.8, 4) is 22.8 Å². The second kappa shape index (κ2) is 10.1. The van der Waals surface area contributed by atoms with Gasteiger partial charge in [0, 0.05) is 23.6 Å². The van der Waals surface area contributed by atoms with Crippen LogP contribution in [-0.4, -0.2) is 42.2 Å². The highest BCUT2D eigenvalue weighted by Crippen LogP contribution is 2.27. The summed E-state index contributed by atoms with van der Waals surface area (Å²) >= 11 is 1.28. The predicted octanol–water partition coefficient (Wildman–Crippen LogP) is 3.98. The molecule has 4 aromatic rings. The summed E-state index contributed by atoms with van der Waals surface area (Å²) in [4.78, 5) is 16.5. The largest absolute Gasteiger partial charge is 0.508 e. The second-order valence-electron chi connectivity index (χ2n) is 7.28. The number of carbonyl (C=O) groups is 1. The summed E-state index contributed by atoms with van der Waals surface area (Å²) in [7, 11) is 0.